The van der Waals surface area contributed by atoms with Crippen LogP contribution in [0.2, 0.25) is 0 Å². The summed E-state index contributed by atoms with van der Waals surface area (Å²) < 4.78 is 27.9. The average Bonchev–Trinajstić information content (AvgIpc) is 3.52. The Morgan fingerprint density at radius 3 is 2.46 bits per heavy atom. The lowest BCUT2D eigenvalue weighted by Gasteiger charge is -2.26. The van der Waals surface area contributed by atoms with Crippen LogP contribution in [-0.2, 0) is 16.1 Å². The molecule has 0 spiro atoms. The van der Waals surface area contributed by atoms with Crippen molar-refractivity contribution < 1.29 is 18.7 Å². The molecule has 0 saturated heterocycles. The van der Waals surface area contributed by atoms with Crippen molar-refractivity contribution >= 4 is 5.91 Å². The minimum atomic E-state index is -0.455. The Labute approximate surface area is 206 Å². The van der Waals surface area contributed by atoms with E-state index < -0.39 is 5.82 Å². The van der Waals surface area contributed by atoms with Gasteiger partial charge in [0.05, 0.1) is 30.1 Å². The first-order valence-corrected chi connectivity index (χ1v) is 12.4. The molecule has 1 aliphatic rings. The maximum absolute atomic E-state index is 14.6. The van der Waals surface area contributed by atoms with Gasteiger partial charge in [-0.2, -0.15) is 5.10 Å². The molecule has 2 aromatic carbocycles. The number of rotatable bonds is 10. The lowest BCUT2D eigenvalue weighted by atomic mass is 10.0. The Hall–Kier alpha value is -3.19. The predicted molar refractivity (Wildman–Crippen MR) is 133 cm³/mol. The second-order valence-electron chi connectivity index (χ2n) is 9.34. The second-order valence-corrected chi connectivity index (χ2v) is 9.34. The largest absolute Gasteiger partial charge is 0.435 e. The summed E-state index contributed by atoms with van der Waals surface area (Å²) in [5, 5.41) is 4.90. The normalized spacial score (nSPS) is 14.0. The Morgan fingerprint density at radius 2 is 1.80 bits per heavy atom. The lowest BCUT2D eigenvalue weighted by Crippen LogP contribution is -2.37. The molecule has 0 aliphatic heterocycles. The highest BCUT2D eigenvalue weighted by molar-refractivity contribution is 5.79. The van der Waals surface area contributed by atoms with Crippen LogP contribution in [0.25, 0.3) is 5.69 Å². The molecule has 1 fully saturated rings. The van der Waals surface area contributed by atoms with E-state index in [0.717, 1.165) is 42.6 Å². The van der Waals surface area contributed by atoms with Gasteiger partial charge >= 0.3 is 0 Å². The van der Waals surface area contributed by atoms with Crippen molar-refractivity contribution in [1.29, 1.82) is 0 Å². The van der Waals surface area contributed by atoms with Crippen LogP contribution in [0.15, 0.2) is 54.6 Å². The Balaban J connectivity index is 1.80. The van der Waals surface area contributed by atoms with Crippen molar-refractivity contribution in [1.82, 2.24) is 14.7 Å². The van der Waals surface area contributed by atoms with Crippen molar-refractivity contribution in [2.75, 3.05) is 20.3 Å². The van der Waals surface area contributed by atoms with Crippen LogP contribution in [0.1, 0.15) is 56.7 Å². The van der Waals surface area contributed by atoms with Crippen LogP contribution in [0.5, 0.6) is 11.6 Å². The van der Waals surface area contributed by atoms with E-state index in [9.17, 15) is 9.18 Å². The number of nitrogens with zero attached hydrogens (tertiary/aromatic N) is 3. The minimum absolute atomic E-state index is 0.0365. The number of hydrogen-bond donors (Lipinski definition) is 0. The topological polar surface area (TPSA) is 56.6 Å². The minimum Gasteiger partial charge on any atom is -0.435 e. The fraction of sp³-hybridized carbons (Fsp3) is 0.429. The van der Waals surface area contributed by atoms with Crippen LogP contribution in [0.4, 0.5) is 4.39 Å². The molecule has 7 heteroatoms. The maximum Gasteiger partial charge on any atom is 0.228 e. The highest BCUT2D eigenvalue weighted by Gasteiger charge is 2.31. The van der Waals surface area contributed by atoms with Gasteiger partial charge in [-0.1, -0.05) is 57.0 Å². The smallest absolute Gasteiger partial charge is 0.228 e. The van der Waals surface area contributed by atoms with E-state index in [2.05, 4.69) is 13.8 Å². The summed E-state index contributed by atoms with van der Waals surface area (Å²) >= 11 is 0. The fourth-order valence-corrected chi connectivity index (χ4v) is 4.63. The third-order valence-corrected chi connectivity index (χ3v) is 6.49. The number of methoxy groups -OCH3 is 1. The zero-order valence-corrected chi connectivity index (χ0v) is 20.7. The highest BCUT2D eigenvalue weighted by Crippen LogP contribution is 2.36. The summed E-state index contributed by atoms with van der Waals surface area (Å²) in [6.07, 6.45) is 4.00. The summed E-state index contributed by atoms with van der Waals surface area (Å²) in [6, 6.07) is 16.0. The van der Waals surface area contributed by atoms with E-state index >= 15 is 0 Å². The van der Waals surface area contributed by atoms with Gasteiger partial charge in [0.1, 0.15) is 0 Å². The number of halogens is 1. The van der Waals surface area contributed by atoms with Crippen molar-refractivity contribution in [2.24, 2.45) is 5.92 Å². The van der Waals surface area contributed by atoms with E-state index in [-0.39, 0.29) is 23.5 Å². The van der Waals surface area contributed by atoms with Crippen molar-refractivity contribution in [3.8, 4) is 17.3 Å². The quantitative estimate of drug-likeness (QED) is 0.353. The number of aromatic nitrogens is 2. The number of carbonyl (C=O) groups excluding carboxylic acids is 1. The molecule has 1 aromatic heterocycles. The molecule has 0 bridgehead atoms. The van der Waals surface area contributed by atoms with Gasteiger partial charge in [-0.15, -0.1) is 0 Å². The molecule has 4 rings (SSSR count). The summed E-state index contributed by atoms with van der Waals surface area (Å²) in [6.45, 7) is 5.35. The molecule has 6 nitrogen and oxygen atoms in total. The number of benzene rings is 2. The van der Waals surface area contributed by atoms with Crippen LogP contribution in [-0.4, -0.2) is 40.8 Å². The van der Waals surface area contributed by atoms with E-state index in [1.165, 1.54) is 6.07 Å². The molecular formula is C28H34FN3O3. The van der Waals surface area contributed by atoms with E-state index in [4.69, 9.17) is 14.6 Å². The summed E-state index contributed by atoms with van der Waals surface area (Å²) in [4.78, 5) is 15.3. The maximum atomic E-state index is 14.6. The van der Waals surface area contributed by atoms with Crippen molar-refractivity contribution in [3.05, 3.63) is 71.7 Å². The summed E-state index contributed by atoms with van der Waals surface area (Å²) in [7, 11) is 1.64. The molecular weight excluding hydrogens is 445 g/mol. The molecule has 0 N–H and O–H groups in total. The van der Waals surface area contributed by atoms with Gasteiger partial charge in [0.2, 0.25) is 11.8 Å². The van der Waals surface area contributed by atoms with Crippen LogP contribution < -0.4 is 4.74 Å². The molecule has 186 valence electrons. The van der Waals surface area contributed by atoms with Gasteiger partial charge in [0.25, 0.3) is 0 Å². The van der Waals surface area contributed by atoms with Crippen LogP contribution >= 0.6 is 0 Å². The zero-order valence-electron chi connectivity index (χ0n) is 20.7. The van der Waals surface area contributed by atoms with Crippen molar-refractivity contribution in [2.45, 2.75) is 52.0 Å². The third kappa shape index (κ3) is 5.73. The third-order valence-electron chi connectivity index (χ3n) is 6.49. The Morgan fingerprint density at radius 1 is 1.11 bits per heavy atom. The molecule has 0 unspecified atom stereocenters. The summed E-state index contributed by atoms with van der Waals surface area (Å²) in [5.41, 5.74) is 2.41. The zero-order chi connectivity index (χ0) is 24.8. The number of carbonyl (C=O) groups is 1. The number of ether oxygens (including phenoxy) is 2. The lowest BCUT2D eigenvalue weighted by molar-refractivity contribution is -0.136. The molecule has 3 aromatic rings. The van der Waals surface area contributed by atoms with Gasteiger partial charge in [0.15, 0.2) is 11.6 Å². The van der Waals surface area contributed by atoms with E-state index in [0.29, 0.717) is 25.6 Å². The van der Waals surface area contributed by atoms with Crippen LogP contribution in [0, 0.1) is 11.7 Å². The van der Waals surface area contributed by atoms with E-state index in [1.807, 2.05) is 35.2 Å². The molecule has 1 aliphatic carbocycles. The molecule has 35 heavy (non-hydrogen) atoms. The molecule has 1 saturated carbocycles. The molecule has 1 heterocycles. The van der Waals surface area contributed by atoms with Gasteiger partial charge in [0, 0.05) is 19.6 Å². The first-order valence-electron chi connectivity index (χ1n) is 12.4. The standard InChI is InChI=1S/C28H34FN3O3/c1-20(2)26-23(19-31(17-18-34-3)27(33)21-11-7-8-12-21)28(35-25-16-10-9-15-24(25)29)32(30-26)22-13-5-4-6-14-22/h4-6,9-10,13-16,20-21H,7-8,11-12,17-19H2,1-3H3. The Bertz CT molecular complexity index is 1120. The number of para-hydroxylation sites is 2. The molecule has 0 atom stereocenters. The average molecular weight is 480 g/mol. The molecule has 1 amide bonds. The SMILES string of the molecule is COCCN(Cc1c(C(C)C)nn(-c2ccccc2)c1Oc1ccccc1F)C(=O)C1CCCC1. The van der Waals surface area contributed by atoms with Gasteiger partial charge < -0.3 is 14.4 Å². The second kappa shape index (κ2) is 11.5. The Kier molecular flexibility index (Phi) is 8.18. The van der Waals surface area contributed by atoms with Gasteiger partial charge in [-0.25, -0.2) is 9.07 Å². The van der Waals surface area contributed by atoms with Gasteiger partial charge in [-0.05, 0) is 43.0 Å². The van der Waals surface area contributed by atoms with Crippen LogP contribution in [0.3, 0.4) is 0 Å². The first kappa shape index (κ1) is 24.9. The number of amides is 1. The fourth-order valence-electron chi connectivity index (χ4n) is 4.63. The monoisotopic (exact) mass is 479 g/mol. The summed E-state index contributed by atoms with van der Waals surface area (Å²) in [5.74, 6) is 0.332. The predicted octanol–water partition coefficient (Wildman–Crippen LogP) is 6.09. The van der Waals surface area contributed by atoms with Gasteiger partial charge in [-0.3, -0.25) is 4.79 Å². The molecule has 0 radical (unpaired) electrons. The van der Waals surface area contributed by atoms with E-state index in [1.54, 1.807) is 30.0 Å². The van der Waals surface area contributed by atoms with Crippen molar-refractivity contribution in [3.63, 3.8) is 0 Å². The first-order chi connectivity index (χ1) is 17.0. The highest BCUT2D eigenvalue weighted by atomic mass is 19.1. The number of hydrogen-bond acceptors (Lipinski definition) is 4.